The van der Waals surface area contributed by atoms with Crippen LogP contribution in [0.2, 0.25) is 0 Å². The van der Waals surface area contributed by atoms with Crippen LogP contribution in [0.1, 0.15) is 29.7 Å². The van der Waals surface area contributed by atoms with E-state index < -0.39 is 5.97 Å². The highest BCUT2D eigenvalue weighted by molar-refractivity contribution is 7.11. The Hall–Kier alpha value is -0.900. The summed E-state index contributed by atoms with van der Waals surface area (Å²) in [5.74, 6) is -0.757. The normalized spacial score (nSPS) is 10.2. The number of hydrogen-bond acceptors (Lipinski definition) is 3. The predicted octanol–water partition coefficient (Wildman–Crippen LogP) is 2.11. The van der Waals surface area contributed by atoms with Gasteiger partial charge in [-0.2, -0.15) is 0 Å². The molecule has 0 fully saturated rings. The number of aromatic nitrogens is 1. The number of hydrogen-bond donors (Lipinski definition) is 1. The van der Waals surface area contributed by atoms with Gasteiger partial charge in [-0.05, 0) is 6.42 Å². The van der Waals surface area contributed by atoms with E-state index in [0.29, 0.717) is 6.42 Å². The van der Waals surface area contributed by atoms with E-state index in [0.717, 1.165) is 17.8 Å². The van der Waals surface area contributed by atoms with Gasteiger partial charge < -0.3 is 5.11 Å². The lowest BCUT2D eigenvalue weighted by Gasteiger charge is -1.90. The molecule has 0 saturated heterocycles. The Morgan fingerprint density at radius 2 is 2.38 bits per heavy atom. The van der Waals surface area contributed by atoms with Crippen molar-refractivity contribution in [2.75, 3.05) is 0 Å². The van der Waals surface area contributed by atoms with Gasteiger partial charge in [-0.25, -0.2) is 4.98 Å². The molecule has 0 bridgehead atoms. The van der Waals surface area contributed by atoms with E-state index in [9.17, 15) is 4.79 Å². The van der Waals surface area contributed by atoms with Crippen molar-refractivity contribution in [2.24, 2.45) is 0 Å². The number of aryl methyl sites for hydroxylation is 2. The average molecular weight is 199 g/mol. The monoisotopic (exact) mass is 199 g/mol. The minimum Gasteiger partial charge on any atom is -0.481 e. The summed E-state index contributed by atoms with van der Waals surface area (Å²) in [5.41, 5.74) is 0. The zero-order valence-corrected chi connectivity index (χ0v) is 8.43. The lowest BCUT2D eigenvalue weighted by Crippen LogP contribution is -1.96. The number of rotatable bonds is 5. The molecule has 0 spiro atoms. The first kappa shape index (κ1) is 10.2. The van der Waals surface area contributed by atoms with E-state index in [2.05, 4.69) is 11.9 Å². The molecule has 0 aliphatic carbocycles. The zero-order valence-electron chi connectivity index (χ0n) is 7.62. The van der Waals surface area contributed by atoms with E-state index in [1.54, 1.807) is 11.3 Å². The first-order chi connectivity index (χ1) is 6.22. The maximum Gasteiger partial charge on any atom is 0.303 e. The van der Waals surface area contributed by atoms with Crippen molar-refractivity contribution in [1.82, 2.24) is 4.98 Å². The van der Waals surface area contributed by atoms with Crippen molar-refractivity contribution in [1.29, 1.82) is 0 Å². The Morgan fingerprint density at radius 1 is 1.62 bits per heavy atom. The summed E-state index contributed by atoms with van der Waals surface area (Å²) >= 11 is 1.62. The number of aliphatic carboxylic acids is 1. The van der Waals surface area contributed by atoms with Gasteiger partial charge in [0.15, 0.2) is 0 Å². The van der Waals surface area contributed by atoms with Gasteiger partial charge >= 0.3 is 5.97 Å². The van der Waals surface area contributed by atoms with Gasteiger partial charge in [-0.3, -0.25) is 4.79 Å². The molecule has 0 saturated carbocycles. The standard InChI is InChI=1S/C9H13NO2S/c1-2-3-7-6-10-8(13-7)4-5-9(11)12/h6H,2-5H2,1H3,(H,11,12). The second-order valence-corrected chi connectivity index (χ2v) is 4.06. The van der Waals surface area contributed by atoms with Crippen molar-refractivity contribution >= 4 is 17.3 Å². The molecule has 0 amide bonds. The van der Waals surface area contributed by atoms with Gasteiger partial charge in [0.25, 0.3) is 0 Å². The topological polar surface area (TPSA) is 50.2 Å². The molecule has 0 aromatic carbocycles. The third-order valence-corrected chi connectivity index (χ3v) is 2.77. The lowest BCUT2D eigenvalue weighted by molar-refractivity contribution is -0.136. The molecule has 1 aromatic rings. The van der Waals surface area contributed by atoms with Crippen LogP contribution in [0, 0.1) is 0 Å². The van der Waals surface area contributed by atoms with Crippen LogP contribution in [-0.4, -0.2) is 16.1 Å². The molecule has 0 aliphatic rings. The lowest BCUT2D eigenvalue weighted by atomic mass is 10.3. The van der Waals surface area contributed by atoms with Gasteiger partial charge in [-0.15, -0.1) is 11.3 Å². The van der Waals surface area contributed by atoms with Crippen LogP contribution in [0.25, 0.3) is 0 Å². The second kappa shape index (κ2) is 4.97. The molecule has 1 N–H and O–H groups in total. The Bertz CT molecular complexity index is 283. The predicted molar refractivity (Wildman–Crippen MR) is 52.1 cm³/mol. The highest BCUT2D eigenvalue weighted by atomic mass is 32.1. The summed E-state index contributed by atoms with van der Waals surface area (Å²) in [6, 6.07) is 0. The second-order valence-electron chi connectivity index (χ2n) is 2.86. The summed E-state index contributed by atoms with van der Waals surface area (Å²) in [6.07, 6.45) is 4.75. The maximum absolute atomic E-state index is 10.3. The van der Waals surface area contributed by atoms with Crippen LogP contribution in [0.5, 0.6) is 0 Å². The number of carbonyl (C=O) groups is 1. The molecule has 0 aliphatic heterocycles. The highest BCUT2D eigenvalue weighted by Crippen LogP contribution is 2.15. The van der Waals surface area contributed by atoms with Crippen LogP contribution in [0.15, 0.2) is 6.20 Å². The van der Waals surface area contributed by atoms with Crippen LogP contribution < -0.4 is 0 Å². The molecular weight excluding hydrogens is 186 g/mol. The molecule has 13 heavy (non-hydrogen) atoms. The minimum atomic E-state index is -0.757. The maximum atomic E-state index is 10.3. The highest BCUT2D eigenvalue weighted by Gasteiger charge is 2.03. The van der Waals surface area contributed by atoms with Crippen LogP contribution in [0.4, 0.5) is 0 Å². The number of thiazole rings is 1. The molecule has 0 atom stereocenters. The van der Waals surface area contributed by atoms with E-state index in [1.165, 1.54) is 4.88 Å². The smallest absolute Gasteiger partial charge is 0.303 e. The van der Waals surface area contributed by atoms with Gasteiger partial charge in [0.2, 0.25) is 0 Å². The summed E-state index contributed by atoms with van der Waals surface area (Å²) in [6.45, 7) is 2.12. The summed E-state index contributed by atoms with van der Waals surface area (Å²) in [5, 5.41) is 9.40. The fourth-order valence-electron chi connectivity index (χ4n) is 1.04. The SMILES string of the molecule is CCCc1cnc(CCC(=O)O)s1. The van der Waals surface area contributed by atoms with E-state index >= 15 is 0 Å². The first-order valence-corrected chi connectivity index (χ1v) is 5.19. The number of nitrogens with zero attached hydrogens (tertiary/aromatic N) is 1. The molecule has 0 radical (unpaired) electrons. The van der Waals surface area contributed by atoms with E-state index in [-0.39, 0.29) is 6.42 Å². The number of carboxylic acids is 1. The fourth-order valence-corrected chi connectivity index (χ4v) is 2.06. The molecule has 4 heteroatoms. The van der Waals surface area contributed by atoms with Crippen molar-refractivity contribution in [3.8, 4) is 0 Å². The van der Waals surface area contributed by atoms with Crippen molar-refractivity contribution in [3.63, 3.8) is 0 Å². The quantitative estimate of drug-likeness (QED) is 0.790. The van der Waals surface area contributed by atoms with Crippen LogP contribution in [0.3, 0.4) is 0 Å². The Morgan fingerprint density at radius 3 is 3.00 bits per heavy atom. The summed E-state index contributed by atoms with van der Waals surface area (Å²) in [4.78, 5) is 15.7. The fraction of sp³-hybridized carbons (Fsp3) is 0.556. The molecule has 1 rings (SSSR count). The third-order valence-electron chi connectivity index (χ3n) is 1.65. The van der Waals surface area contributed by atoms with Gasteiger partial charge in [-0.1, -0.05) is 13.3 Å². The Balaban J connectivity index is 2.44. The molecule has 0 unspecified atom stereocenters. The van der Waals surface area contributed by atoms with Crippen LogP contribution >= 0.6 is 11.3 Å². The molecule has 3 nitrogen and oxygen atoms in total. The van der Waals surface area contributed by atoms with E-state index in [1.807, 2.05) is 6.20 Å². The first-order valence-electron chi connectivity index (χ1n) is 4.37. The van der Waals surface area contributed by atoms with E-state index in [4.69, 9.17) is 5.11 Å². The van der Waals surface area contributed by atoms with Crippen LogP contribution in [-0.2, 0) is 17.6 Å². The van der Waals surface area contributed by atoms with Crippen molar-refractivity contribution in [3.05, 3.63) is 16.1 Å². The van der Waals surface area contributed by atoms with Gasteiger partial charge in [0.1, 0.15) is 0 Å². The minimum absolute atomic E-state index is 0.180. The van der Waals surface area contributed by atoms with Gasteiger partial charge in [0.05, 0.1) is 11.4 Å². The molecule has 1 heterocycles. The van der Waals surface area contributed by atoms with Gasteiger partial charge in [0, 0.05) is 17.5 Å². The molecule has 1 aromatic heterocycles. The third kappa shape index (κ3) is 3.55. The van der Waals surface area contributed by atoms with Crippen molar-refractivity contribution < 1.29 is 9.90 Å². The summed E-state index contributed by atoms with van der Waals surface area (Å²) < 4.78 is 0. The summed E-state index contributed by atoms with van der Waals surface area (Å²) in [7, 11) is 0. The van der Waals surface area contributed by atoms with Crippen molar-refractivity contribution in [2.45, 2.75) is 32.6 Å². The Kier molecular flexibility index (Phi) is 3.89. The molecule has 72 valence electrons. The molecular formula is C9H13NO2S. The Labute approximate surface area is 81.4 Å². The number of carboxylic acid groups (broad SMARTS) is 1. The largest absolute Gasteiger partial charge is 0.481 e. The zero-order chi connectivity index (χ0) is 9.68. The average Bonchev–Trinajstić information content (AvgIpc) is 2.50.